The average Bonchev–Trinajstić information content (AvgIpc) is 3.08. The first-order chi connectivity index (χ1) is 13.6. The number of carbonyl (C=O) groups is 1. The molecule has 0 saturated carbocycles. The Kier molecular flexibility index (Phi) is 6.28. The Hall–Kier alpha value is -2.00. The minimum atomic E-state index is -3.32. The third-order valence-corrected chi connectivity index (χ3v) is 7.09. The molecule has 0 saturated heterocycles. The summed E-state index contributed by atoms with van der Waals surface area (Å²) >= 11 is 7.65. The molecule has 6 nitrogen and oxygen atoms in total. The minimum absolute atomic E-state index is 0.180. The second kappa shape index (κ2) is 8.39. The molecule has 0 bridgehead atoms. The number of hydrogen-bond acceptors (Lipinski definition) is 6. The summed E-state index contributed by atoms with van der Waals surface area (Å²) in [6.07, 6.45) is 1.14. The molecule has 0 aliphatic rings. The zero-order chi connectivity index (χ0) is 21.3. The first kappa shape index (κ1) is 21.7. The van der Waals surface area contributed by atoms with E-state index in [1.54, 1.807) is 4.90 Å². The second-order valence-electron chi connectivity index (χ2n) is 7.07. The van der Waals surface area contributed by atoms with Crippen molar-refractivity contribution in [3.05, 3.63) is 52.5 Å². The smallest absolute Gasteiger partial charge is 0.260 e. The number of fused-ring (bicyclic) bond motifs is 1. The largest absolute Gasteiger partial charge is 0.308 e. The summed E-state index contributed by atoms with van der Waals surface area (Å²) in [5.74, 6) is -0.227. The number of amides is 1. The summed E-state index contributed by atoms with van der Waals surface area (Å²) in [6, 6.07) is 9.72. The third kappa shape index (κ3) is 4.78. The zero-order valence-corrected chi connectivity index (χ0v) is 19.0. The van der Waals surface area contributed by atoms with Crippen LogP contribution >= 0.6 is 22.9 Å². The average molecular weight is 452 g/mol. The molecule has 3 rings (SSSR count). The Balaban J connectivity index is 2.01. The van der Waals surface area contributed by atoms with E-state index in [0.29, 0.717) is 28.8 Å². The van der Waals surface area contributed by atoms with E-state index in [2.05, 4.69) is 4.98 Å². The van der Waals surface area contributed by atoms with Crippen LogP contribution in [0, 0.1) is 6.92 Å². The van der Waals surface area contributed by atoms with Crippen molar-refractivity contribution in [2.45, 2.75) is 11.8 Å². The predicted octanol–water partition coefficient (Wildman–Crippen LogP) is 3.87. The molecule has 154 valence electrons. The van der Waals surface area contributed by atoms with Gasteiger partial charge in [-0.1, -0.05) is 22.9 Å². The van der Waals surface area contributed by atoms with Crippen LogP contribution in [-0.2, 0) is 9.84 Å². The van der Waals surface area contributed by atoms with Gasteiger partial charge in [-0.2, -0.15) is 0 Å². The lowest BCUT2D eigenvalue weighted by molar-refractivity contribution is 0.0985. The summed E-state index contributed by atoms with van der Waals surface area (Å²) in [6.45, 7) is 3.01. The number of hydrogen-bond donors (Lipinski definition) is 0. The molecular formula is C20H22ClN3O3S2. The summed E-state index contributed by atoms with van der Waals surface area (Å²) in [5.41, 5.74) is 2.07. The molecule has 1 amide bonds. The number of thiazole rings is 1. The van der Waals surface area contributed by atoms with E-state index in [0.717, 1.165) is 22.0 Å². The molecule has 0 N–H and O–H groups in total. The Morgan fingerprint density at radius 1 is 1.10 bits per heavy atom. The Labute approximate surface area is 179 Å². The number of aryl methyl sites for hydroxylation is 1. The van der Waals surface area contributed by atoms with Gasteiger partial charge in [-0.25, -0.2) is 13.4 Å². The van der Waals surface area contributed by atoms with Crippen molar-refractivity contribution in [2.24, 2.45) is 0 Å². The highest BCUT2D eigenvalue weighted by molar-refractivity contribution is 7.90. The number of sulfone groups is 1. The molecule has 0 aliphatic carbocycles. The quantitative estimate of drug-likeness (QED) is 0.569. The highest BCUT2D eigenvalue weighted by atomic mass is 35.5. The second-order valence-corrected chi connectivity index (χ2v) is 10.5. The normalized spacial score (nSPS) is 11.9. The molecule has 0 atom stereocenters. The number of benzene rings is 2. The summed E-state index contributed by atoms with van der Waals surface area (Å²) in [5, 5.41) is 1.22. The van der Waals surface area contributed by atoms with Crippen LogP contribution in [0.15, 0.2) is 41.3 Å². The van der Waals surface area contributed by atoms with E-state index in [4.69, 9.17) is 11.6 Å². The molecule has 3 aromatic rings. The van der Waals surface area contributed by atoms with Crippen molar-refractivity contribution in [1.29, 1.82) is 0 Å². The molecule has 1 aromatic heterocycles. The number of nitrogens with zero attached hydrogens (tertiary/aromatic N) is 3. The Morgan fingerprint density at radius 3 is 2.34 bits per heavy atom. The lowest BCUT2D eigenvalue weighted by atomic mass is 10.2. The van der Waals surface area contributed by atoms with E-state index >= 15 is 0 Å². The SMILES string of the molecule is Cc1c(Cl)ccc2sc(N(CCN(C)C)C(=O)c3ccc(S(C)(=O)=O)cc3)nc12. The molecule has 0 radical (unpaired) electrons. The van der Waals surface area contributed by atoms with Crippen molar-refractivity contribution in [2.75, 3.05) is 38.3 Å². The molecule has 0 spiro atoms. The number of halogens is 1. The van der Waals surface area contributed by atoms with Gasteiger partial charge in [0.05, 0.1) is 15.1 Å². The van der Waals surface area contributed by atoms with Crippen molar-refractivity contribution < 1.29 is 13.2 Å². The highest BCUT2D eigenvalue weighted by Crippen LogP contribution is 2.34. The van der Waals surface area contributed by atoms with Crippen LogP contribution in [0.2, 0.25) is 5.02 Å². The summed E-state index contributed by atoms with van der Waals surface area (Å²) in [4.78, 5) is 21.7. The number of likely N-dealkylation sites (N-methyl/N-ethyl adjacent to an activating group) is 1. The number of carbonyl (C=O) groups excluding carboxylic acids is 1. The van der Waals surface area contributed by atoms with Crippen LogP contribution in [0.4, 0.5) is 5.13 Å². The maximum Gasteiger partial charge on any atom is 0.260 e. The standard InChI is InChI=1S/C20H22ClN3O3S2/c1-13-16(21)9-10-17-18(13)22-20(28-17)24(12-11-23(2)3)19(25)14-5-7-15(8-6-14)29(4,26)27/h5-10H,11-12H2,1-4H3. The lowest BCUT2D eigenvalue weighted by Gasteiger charge is -2.22. The Bertz CT molecular complexity index is 1160. The maximum atomic E-state index is 13.2. The summed E-state index contributed by atoms with van der Waals surface area (Å²) in [7, 11) is 0.553. The molecule has 0 unspecified atom stereocenters. The fraction of sp³-hybridized carbons (Fsp3) is 0.300. The molecule has 0 fully saturated rings. The van der Waals surface area contributed by atoms with Crippen LogP contribution in [-0.4, -0.2) is 57.6 Å². The molecular weight excluding hydrogens is 430 g/mol. The number of aromatic nitrogens is 1. The number of rotatable bonds is 6. The fourth-order valence-corrected chi connectivity index (χ4v) is 4.62. The highest BCUT2D eigenvalue weighted by Gasteiger charge is 2.22. The topological polar surface area (TPSA) is 70.6 Å². The van der Waals surface area contributed by atoms with Gasteiger partial charge in [0, 0.05) is 29.9 Å². The van der Waals surface area contributed by atoms with E-state index in [1.165, 1.54) is 35.6 Å². The van der Waals surface area contributed by atoms with Gasteiger partial charge in [0.25, 0.3) is 5.91 Å². The molecule has 2 aromatic carbocycles. The molecule has 9 heteroatoms. The van der Waals surface area contributed by atoms with Gasteiger partial charge in [0.15, 0.2) is 15.0 Å². The monoisotopic (exact) mass is 451 g/mol. The molecule has 0 aliphatic heterocycles. The van der Waals surface area contributed by atoms with E-state index in [9.17, 15) is 13.2 Å². The van der Waals surface area contributed by atoms with Crippen molar-refractivity contribution in [3.63, 3.8) is 0 Å². The van der Waals surface area contributed by atoms with Crippen LogP contribution in [0.3, 0.4) is 0 Å². The maximum absolute atomic E-state index is 13.2. The van der Waals surface area contributed by atoms with E-state index in [1.807, 2.05) is 38.1 Å². The van der Waals surface area contributed by atoms with Crippen LogP contribution in [0.25, 0.3) is 10.2 Å². The van der Waals surface area contributed by atoms with Gasteiger partial charge in [0.2, 0.25) is 0 Å². The van der Waals surface area contributed by atoms with Gasteiger partial charge in [-0.3, -0.25) is 9.69 Å². The van der Waals surface area contributed by atoms with Gasteiger partial charge < -0.3 is 4.90 Å². The first-order valence-electron chi connectivity index (χ1n) is 8.90. The van der Waals surface area contributed by atoms with E-state index in [-0.39, 0.29) is 10.8 Å². The fourth-order valence-electron chi connectivity index (χ4n) is 2.79. The van der Waals surface area contributed by atoms with Crippen molar-refractivity contribution >= 4 is 54.0 Å². The van der Waals surface area contributed by atoms with Crippen molar-refractivity contribution in [3.8, 4) is 0 Å². The number of anilines is 1. The zero-order valence-electron chi connectivity index (χ0n) is 16.6. The van der Waals surface area contributed by atoms with Gasteiger partial charge in [-0.15, -0.1) is 0 Å². The van der Waals surface area contributed by atoms with Gasteiger partial charge >= 0.3 is 0 Å². The van der Waals surface area contributed by atoms with Crippen molar-refractivity contribution in [1.82, 2.24) is 9.88 Å². The predicted molar refractivity (Wildman–Crippen MR) is 119 cm³/mol. The van der Waals surface area contributed by atoms with Crippen LogP contribution in [0.5, 0.6) is 0 Å². The van der Waals surface area contributed by atoms with E-state index < -0.39 is 9.84 Å². The van der Waals surface area contributed by atoms with Crippen LogP contribution < -0.4 is 4.90 Å². The molecule has 29 heavy (non-hydrogen) atoms. The summed E-state index contributed by atoms with van der Waals surface area (Å²) < 4.78 is 24.3. The Morgan fingerprint density at radius 2 is 1.76 bits per heavy atom. The first-order valence-corrected chi connectivity index (χ1v) is 12.0. The van der Waals surface area contributed by atoms with Gasteiger partial charge in [-0.05, 0) is 63.0 Å². The molecule has 1 heterocycles. The van der Waals surface area contributed by atoms with Gasteiger partial charge in [0.1, 0.15) is 0 Å². The lowest BCUT2D eigenvalue weighted by Crippen LogP contribution is -2.36. The minimum Gasteiger partial charge on any atom is -0.308 e. The third-order valence-electron chi connectivity index (χ3n) is 4.51. The van der Waals surface area contributed by atoms with Crippen LogP contribution in [0.1, 0.15) is 15.9 Å².